The number of isocyanates is 1. The summed E-state index contributed by atoms with van der Waals surface area (Å²) in [6, 6.07) is 14.8. The molecule has 4 N–H and O–H groups in total. The maximum absolute atomic E-state index is 11.7. The van der Waals surface area contributed by atoms with Gasteiger partial charge in [0.15, 0.2) is 0 Å². The Morgan fingerprint density at radius 2 is 1.38 bits per heavy atom. The molecule has 0 aromatic heterocycles. The largest absolute Gasteiger partial charge is 0.396 e. The molecule has 0 fully saturated rings. The van der Waals surface area contributed by atoms with Crippen molar-refractivity contribution in [3.8, 4) is 0 Å². The Morgan fingerprint density at radius 1 is 0.938 bits per heavy atom. The maximum Gasteiger partial charge on any atom is 0.240 e. The maximum atomic E-state index is 11.7. The van der Waals surface area contributed by atoms with Crippen LogP contribution in [-0.2, 0) is 16.0 Å². The lowest BCUT2D eigenvalue weighted by molar-refractivity contribution is -0.120. The first-order valence-corrected chi connectivity index (χ1v) is 11.5. The molecule has 0 aliphatic rings. The molecule has 2 aromatic carbocycles. The van der Waals surface area contributed by atoms with Crippen molar-refractivity contribution in [2.75, 3.05) is 13.2 Å². The number of Topliss-reactive ketones (excluding diaryl/α,β-unsaturated/α-hetero) is 1. The lowest BCUT2D eigenvalue weighted by Gasteiger charge is -2.20. The molecule has 8 heteroatoms. The number of ketones is 1. The van der Waals surface area contributed by atoms with Crippen LogP contribution in [0.3, 0.4) is 0 Å². The van der Waals surface area contributed by atoms with Crippen molar-refractivity contribution in [3.05, 3.63) is 63.0 Å². The molecule has 0 saturated carbocycles. The van der Waals surface area contributed by atoms with Crippen LogP contribution >= 0.6 is 31.9 Å². The average Bonchev–Trinajstić information content (AvgIpc) is 2.72. The van der Waals surface area contributed by atoms with E-state index in [0.717, 1.165) is 14.5 Å². The average molecular weight is 572 g/mol. The van der Waals surface area contributed by atoms with Gasteiger partial charge in [-0.2, -0.15) is 4.99 Å². The number of aliphatic hydroxyl groups excluding tert-OH is 2. The zero-order chi connectivity index (χ0) is 24.8. The van der Waals surface area contributed by atoms with Gasteiger partial charge in [0.1, 0.15) is 5.78 Å². The Morgan fingerprint density at radius 3 is 1.75 bits per heavy atom. The third-order valence-corrected chi connectivity index (χ3v) is 4.88. The van der Waals surface area contributed by atoms with Crippen molar-refractivity contribution in [1.82, 2.24) is 0 Å². The molecule has 6 nitrogen and oxygen atoms in total. The second-order valence-corrected chi connectivity index (χ2v) is 10.5. The SMILES string of the molecule is CC(C)(CO)CC(=O)Cc1ccc(Br)cc1.CC(C)(N)CO.O=C=Nc1ccc(Br)cc1. The van der Waals surface area contributed by atoms with Crippen molar-refractivity contribution >= 4 is 49.4 Å². The molecule has 0 bridgehead atoms. The summed E-state index contributed by atoms with van der Waals surface area (Å²) in [5.41, 5.74) is 6.21. The molecule has 2 rings (SSSR count). The second kappa shape index (κ2) is 15.2. The molecule has 2 aromatic rings. The Hall–Kier alpha value is -1.67. The molecule has 0 heterocycles. The third kappa shape index (κ3) is 16.0. The third-order valence-electron chi connectivity index (χ3n) is 3.83. The van der Waals surface area contributed by atoms with E-state index in [0.29, 0.717) is 18.5 Å². The molecule has 0 aliphatic heterocycles. The van der Waals surface area contributed by atoms with Gasteiger partial charge in [-0.1, -0.05) is 57.8 Å². The van der Waals surface area contributed by atoms with E-state index in [2.05, 4.69) is 36.9 Å². The first kappa shape index (κ1) is 30.3. The lowest BCUT2D eigenvalue weighted by atomic mass is 9.87. The highest BCUT2D eigenvalue weighted by atomic mass is 79.9. The van der Waals surface area contributed by atoms with E-state index in [1.807, 2.05) is 50.2 Å². The Labute approximate surface area is 207 Å². The summed E-state index contributed by atoms with van der Waals surface area (Å²) in [5, 5.41) is 17.4. The number of benzene rings is 2. The minimum absolute atomic E-state index is 0.0408. The van der Waals surface area contributed by atoms with Gasteiger partial charge in [0.05, 0.1) is 12.3 Å². The predicted octanol–water partition coefficient (Wildman–Crippen LogP) is 5.10. The van der Waals surface area contributed by atoms with Crippen LogP contribution in [0.1, 0.15) is 39.7 Å². The normalized spacial score (nSPS) is 10.7. The van der Waals surface area contributed by atoms with Gasteiger partial charge in [0, 0.05) is 33.9 Å². The molecule has 0 amide bonds. The van der Waals surface area contributed by atoms with E-state index in [-0.39, 0.29) is 24.4 Å². The van der Waals surface area contributed by atoms with Crippen LogP contribution < -0.4 is 5.73 Å². The van der Waals surface area contributed by atoms with Gasteiger partial charge in [-0.05, 0) is 61.2 Å². The molecule has 0 aliphatic carbocycles. The van der Waals surface area contributed by atoms with Gasteiger partial charge >= 0.3 is 0 Å². The van der Waals surface area contributed by atoms with Gasteiger partial charge in [-0.25, -0.2) is 4.79 Å². The fourth-order valence-electron chi connectivity index (χ4n) is 2.05. The van der Waals surface area contributed by atoms with E-state index in [4.69, 9.17) is 15.9 Å². The molecule has 0 unspecified atom stereocenters. The van der Waals surface area contributed by atoms with E-state index in [9.17, 15) is 9.59 Å². The van der Waals surface area contributed by atoms with Crippen LogP contribution in [0.5, 0.6) is 0 Å². The molecule has 0 radical (unpaired) electrons. The minimum atomic E-state index is -0.403. The summed E-state index contributed by atoms with van der Waals surface area (Å²) in [7, 11) is 0. The molecular formula is C24H32Br2N2O4. The second-order valence-electron chi connectivity index (χ2n) is 8.67. The van der Waals surface area contributed by atoms with Gasteiger partial charge in [-0.15, -0.1) is 0 Å². The number of carbonyl (C=O) groups excluding carboxylic acids is 2. The quantitative estimate of drug-likeness (QED) is 0.316. The van der Waals surface area contributed by atoms with E-state index >= 15 is 0 Å². The Balaban J connectivity index is 0.000000511. The summed E-state index contributed by atoms with van der Waals surface area (Å²) in [4.78, 5) is 24.9. The highest BCUT2D eigenvalue weighted by Crippen LogP contribution is 2.21. The number of nitrogens with zero attached hydrogens (tertiary/aromatic N) is 1. The number of halogens is 2. The number of hydrogen-bond acceptors (Lipinski definition) is 6. The first-order chi connectivity index (χ1) is 14.8. The van der Waals surface area contributed by atoms with Crippen molar-refractivity contribution in [2.45, 2.75) is 46.1 Å². The molecule has 0 saturated heterocycles. The number of carbonyl (C=O) groups is 1. The zero-order valence-electron chi connectivity index (χ0n) is 18.9. The number of hydrogen-bond donors (Lipinski definition) is 3. The van der Waals surface area contributed by atoms with Gasteiger partial charge in [0.2, 0.25) is 6.08 Å². The fraction of sp³-hybridized carbons (Fsp3) is 0.417. The smallest absolute Gasteiger partial charge is 0.240 e. The number of rotatable bonds is 7. The highest BCUT2D eigenvalue weighted by Gasteiger charge is 2.20. The topological polar surface area (TPSA) is 113 Å². The van der Waals surface area contributed by atoms with Crippen LogP contribution in [0, 0.1) is 5.41 Å². The first-order valence-electron chi connectivity index (χ1n) is 9.92. The molecule has 32 heavy (non-hydrogen) atoms. The molecular weight excluding hydrogens is 540 g/mol. The zero-order valence-corrected chi connectivity index (χ0v) is 22.1. The summed E-state index contributed by atoms with van der Waals surface area (Å²) < 4.78 is 1.98. The fourth-order valence-corrected chi connectivity index (χ4v) is 2.58. The van der Waals surface area contributed by atoms with E-state index < -0.39 is 5.54 Å². The predicted molar refractivity (Wildman–Crippen MR) is 136 cm³/mol. The lowest BCUT2D eigenvalue weighted by Crippen LogP contribution is -2.35. The molecule has 176 valence electrons. The van der Waals surface area contributed by atoms with E-state index in [1.165, 1.54) is 6.08 Å². The van der Waals surface area contributed by atoms with Gasteiger partial charge in [0.25, 0.3) is 0 Å². The van der Waals surface area contributed by atoms with Crippen LogP contribution in [0.4, 0.5) is 5.69 Å². The number of nitrogens with two attached hydrogens (primary N) is 1. The summed E-state index contributed by atoms with van der Waals surface area (Å²) in [5.74, 6) is 0.168. The van der Waals surface area contributed by atoms with Crippen molar-refractivity contribution < 1.29 is 19.8 Å². The van der Waals surface area contributed by atoms with Crippen molar-refractivity contribution in [2.24, 2.45) is 16.1 Å². The van der Waals surface area contributed by atoms with Crippen molar-refractivity contribution in [3.63, 3.8) is 0 Å². The van der Waals surface area contributed by atoms with Crippen LogP contribution in [0.25, 0.3) is 0 Å². The highest BCUT2D eigenvalue weighted by molar-refractivity contribution is 9.10. The summed E-state index contributed by atoms with van der Waals surface area (Å²) >= 11 is 6.61. The van der Waals surface area contributed by atoms with Gasteiger partial charge in [-0.3, -0.25) is 4.79 Å². The van der Waals surface area contributed by atoms with Crippen LogP contribution in [-0.4, -0.2) is 40.8 Å². The number of aliphatic imine (C=N–C) groups is 1. The summed E-state index contributed by atoms with van der Waals surface area (Å²) in [6.07, 6.45) is 2.32. The monoisotopic (exact) mass is 570 g/mol. The minimum Gasteiger partial charge on any atom is -0.396 e. The van der Waals surface area contributed by atoms with Gasteiger partial charge < -0.3 is 15.9 Å². The summed E-state index contributed by atoms with van der Waals surface area (Å²) in [6.45, 7) is 7.42. The Kier molecular flexibility index (Phi) is 14.4. The van der Waals surface area contributed by atoms with Crippen molar-refractivity contribution in [1.29, 1.82) is 0 Å². The standard InChI is InChI=1S/C13H17BrO2.C7H4BrNO.C4H11NO/c1-13(2,9-15)8-12(16)7-10-3-5-11(14)6-4-10;8-6-1-3-7(4-2-6)9-5-10;1-4(2,5)3-6/h3-6,15H,7-9H2,1-2H3;1-4H;6H,3,5H2,1-2H3. The Bertz CT molecular complexity index is 855. The molecule has 0 atom stereocenters. The molecule has 0 spiro atoms. The number of aliphatic hydroxyl groups is 2. The van der Waals surface area contributed by atoms with Crippen LogP contribution in [0.15, 0.2) is 62.5 Å². The van der Waals surface area contributed by atoms with E-state index in [1.54, 1.807) is 26.0 Å². The van der Waals surface area contributed by atoms with Crippen LogP contribution in [0.2, 0.25) is 0 Å².